The number of anilines is 2. The summed E-state index contributed by atoms with van der Waals surface area (Å²) in [6, 6.07) is 15.2. The van der Waals surface area contributed by atoms with Gasteiger partial charge in [0.15, 0.2) is 0 Å². The molecule has 8 heteroatoms. The van der Waals surface area contributed by atoms with Gasteiger partial charge in [-0.15, -0.1) is 0 Å². The number of ether oxygens (including phenoxy) is 1. The number of rotatable bonds is 6. The molecule has 3 aromatic rings. The molecule has 2 amide bonds. The Morgan fingerprint density at radius 1 is 1.00 bits per heavy atom. The maximum absolute atomic E-state index is 12.6. The van der Waals surface area contributed by atoms with Crippen LogP contribution in [-0.2, 0) is 16.1 Å². The van der Waals surface area contributed by atoms with Crippen molar-refractivity contribution in [2.45, 2.75) is 20.4 Å². The number of hydrogen-bond donors (Lipinski definition) is 2. The van der Waals surface area contributed by atoms with Crippen LogP contribution in [0.5, 0.6) is 5.75 Å². The number of amides is 2. The van der Waals surface area contributed by atoms with E-state index < -0.39 is 0 Å². The van der Waals surface area contributed by atoms with Gasteiger partial charge in [-0.2, -0.15) is 0 Å². The van der Waals surface area contributed by atoms with Crippen LogP contribution in [0.25, 0.3) is 11.4 Å². The molecule has 2 N–H and O–H groups in total. The lowest BCUT2D eigenvalue weighted by Gasteiger charge is -2.13. The zero-order valence-corrected chi connectivity index (χ0v) is 16.9. The van der Waals surface area contributed by atoms with Crippen molar-refractivity contribution in [3.8, 4) is 17.1 Å². The van der Waals surface area contributed by atoms with Crippen LogP contribution in [0.3, 0.4) is 0 Å². The maximum Gasteiger partial charge on any atom is 0.254 e. The number of carbonyl (C=O) groups excluding carboxylic acids is 2. The van der Waals surface area contributed by atoms with Gasteiger partial charge in [0.2, 0.25) is 11.8 Å². The zero-order valence-electron chi connectivity index (χ0n) is 16.9. The Balaban J connectivity index is 1.82. The second-order valence-corrected chi connectivity index (χ2v) is 6.68. The molecule has 1 heterocycles. The number of nitrogens with zero attached hydrogens (tertiary/aromatic N) is 2. The molecule has 0 fully saturated rings. The molecule has 2 aromatic carbocycles. The Kier molecular flexibility index (Phi) is 6.26. The van der Waals surface area contributed by atoms with Crippen molar-refractivity contribution in [3.63, 3.8) is 0 Å². The highest BCUT2D eigenvalue weighted by atomic mass is 16.5. The number of carbonyl (C=O) groups is 2. The molecule has 0 aliphatic rings. The van der Waals surface area contributed by atoms with Crippen LogP contribution in [-0.4, -0.2) is 28.5 Å². The van der Waals surface area contributed by atoms with Crippen molar-refractivity contribution < 1.29 is 14.3 Å². The SMILES string of the molecule is COc1ccc(-c2nc(C)cc(=O)n2CC(=O)Nc2ccc(NC(C)=O)cc2)cc1. The Morgan fingerprint density at radius 2 is 1.60 bits per heavy atom. The standard InChI is InChI=1S/C22H22N4O4/c1-14-12-21(29)26(22(23-14)16-4-10-19(30-3)11-5-16)13-20(28)25-18-8-6-17(7-9-18)24-15(2)27/h4-12H,13H2,1-3H3,(H,24,27)(H,25,28). The topological polar surface area (TPSA) is 102 Å². The molecule has 0 saturated heterocycles. The van der Waals surface area contributed by atoms with E-state index in [9.17, 15) is 14.4 Å². The van der Waals surface area contributed by atoms with Gasteiger partial charge in [0.25, 0.3) is 5.56 Å². The molecule has 3 rings (SSSR count). The predicted octanol–water partition coefficient (Wildman–Crippen LogP) is 2.82. The third-order valence-corrected chi connectivity index (χ3v) is 4.28. The van der Waals surface area contributed by atoms with E-state index in [1.54, 1.807) is 62.6 Å². The summed E-state index contributed by atoms with van der Waals surface area (Å²) in [6.07, 6.45) is 0. The minimum absolute atomic E-state index is 0.177. The van der Waals surface area contributed by atoms with E-state index in [4.69, 9.17) is 4.74 Å². The van der Waals surface area contributed by atoms with Crippen LogP contribution in [0.1, 0.15) is 12.6 Å². The van der Waals surface area contributed by atoms with Crippen LogP contribution >= 0.6 is 0 Å². The number of nitrogens with one attached hydrogen (secondary N) is 2. The first kappa shape index (κ1) is 20.8. The highest BCUT2D eigenvalue weighted by Gasteiger charge is 2.13. The van der Waals surface area contributed by atoms with Gasteiger partial charge in [0.1, 0.15) is 18.1 Å². The zero-order chi connectivity index (χ0) is 21.7. The Bertz CT molecular complexity index is 1120. The fraction of sp³-hybridized carbons (Fsp3) is 0.182. The molecule has 0 aliphatic carbocycles. The fourth-order valence-electron chi connectivity index (χ4n) is 2.92. The summed E-state index contributed by atoms with van der Waals surface area (Å²) in [5, 5.41) is 5.41. The van der Waals surface area contributed by atoms with Gasteiger partial charge < -0.3 is 15.4 Å². The van der Waals surface area contributed by atoms with E-state index in [1.807, 2.05) is 0 Å². The summed E-state index contributed by atoms with van der Waals surface area (Å²) in [6.45, 7) is 2.96. The number of methoxy groups -OCH3 is 1. The van der Waals surface area contributed by atoms with E-state index in [0.717, 1.165) is 0 Å². The highest BCUT2D eigenvalue weighted by Crippen LogP contribution is 2.20. The number of aryl methyl sites for hydroxylation is 1. The van der Waals surface area contributed by atoms with Gasteiger partial charge in [-0.05, 0) is 55.5 Å². The monoisotopic (exact) mass is 406 g/mol. The molecular formula is C22H22N4O4. The molecule has 0 bridgehead atoms. The van der Waals surface area contributed by atoms with Crippen LogP contribution in [0.2, 0.25) is 0 Å². The lowest BCUT2D eigenvalue weighted by Crippen LogP contribution is -2.29. The second-order valence-electron chi connectivity index (χ2n) is 6.68. The van der Waals surface area contributed by atoms with Crippen molar-refractivity contribution >= 4 is 23.2 Å². The van der Waals surface area contributed by atoms with Crippen molar-refractivity contribution in [2.24, 2.45) is 0 Å². The Labute approximate surface area is 173 Å². The van der Waals surface area contributed by atoms with E-state index in [0.29, 0.717) is 34.2 Å². The lowest BCUT2D eigenvalue weighted by atomic mass is 10.2. The average Bonchev–Trinajstić information content (AvgIpc) is 2.71. The fourth-order valence-corrected chi connectivity index (χ4v) is 2.92. The Morgan fingerprint density at radius 3 is 2.17 bits per heavy atom. The van der Waals surface area contributed by atoms with Gasteiger partial charge in [-0.1, -0.05) is 0 Å². The van der Waals surface area contributed by atoms with E-state index in [-0.39, 0.29) is 23.9 Å². The van der Waals surface area contributed by atoms with Gasteiger partial charge in [-0.3, -0.25) is 19.0 Å². The van der Waals surface area contributed by atoms with Crippen LogP contribution in [0.4, 0.5) is 11.4 Å². The van der Waals surface area contributed by atoms with Crippen LogP contribution < -0.4 is 20.9 Å². The van der Waals surface area contributed by atoms with Crippen molar-refractivity contribution in [1.82, 2.24) is 9.55 Å². The van der Waals surface area contributed by atoms with E-state index in [1.165, 1.54) is 17.6 Å². The summed E-state index contributed by atoms with van der Waals surface area (Å²) in [4.78, 5) is 40.7. The summed E-state index contributed by atoms with van der Waals surface area (Å²) in [7, 11) is 1.57. The van der Waals surface area contributed by atoms with Crippen molar-refractivity contribution in [1.29, 1.82) is 0 Å². The highest BCUT2D eigenvalue weighted by molar-refractivity contribution is 5.92. The first-order chi connectivity index (χ1) is 14.4. The molecule has 0 unspecified atom stereocenters. The van der Waals surface area contributed by atoms with Crippen LogP contribution in [0.15, 0.2) is 59.4 Å². The van der Waals surface area contributed by atoms with Gasteiger partial charge >= 0.3 is 0 Å². The predicted molar refractivity (Wildman–Crippen MR) is 115 cm³/mol. The van der Waals surface area contributed by atoms with Crippen molar-refractivity contribution in [3.05, 3.63) is 70.6 Å². The first-order valence-electron chi connectivity index (χ1n) is 9.26. The van der Waals surface area contributed by atoms with Crippen LogP contribution in [0, 0.1) is 6.92 Å². The van der Waals surface area contributed by atoms with E-state index >= 15 is 0 Å². The van der Waals surface area contributed by atoms with Gasteiger partial charge in [-0.25, -0.2) is 4.98 Å². The summed E-state index contributed by atoms with van der Waals surface area (Å²) < 4.78 is 6.50. The molecule has 8 nitrogen and oxygen atoms in total. The molecule has 0 radical (unpaired) electrons. The first-order valence-corrected chi connectivity index (χ1v) is 9.26. The molecule has 30 heavy (non-hydrogen) atoms. The molecular weight excluding hydrogens is 384 g/mol. The van der Waals surface area contributed by atoms with E-state index in [2.05, 4.69) is 15.6 Å². The molecule has 154 valence electrons. The summed E-state index contributed by atoms with van der Waals surface area (Å²) in [5.41, 5.74) is 2.12. The average molecular weight is 406 g/mol. The smallest absolute Gasteiger partial charge is 0.254 e. The number of benzene rings is 2. The normalized spacial score (nSPS) is 10.4. The molecule has 0 aliphatic heterocycles. The summed E-state index contributed by atoms with van der Waals surface area (Å²) >= 11 is 0. The minimum Gasteiger partial charge on any atom is -0.497 e. The lowest BCUT2D eigenvalue weighted by molar-refractivity contribution is -0.117. The molecule has 0 atom stereocenters. The minimum atomic E-state index is -0.371. The van der Waals surface area contributed by atoms with Gasteiger partial charge in [0, 0.05) is 35.6 Å². The quantitative estimate of drug-likeness (QED) is 0.655. The van der Waals surface area contributed by atoms with Gasteiger partial charge in [0.05, 0.1) is 7.11 Å². The number of hydrogen-bond acceptors (Lipinski definition) is 5. The largest absolute Gasteiger partial charge is 0.497 e. The molecule has 0 spiro atoms. The van der Waals surface area contributed by atoms with Crippen molar-refractivity contribution in [2.75, 3.05) is 17.7 Å². The molecule has 0 saturated carbocycles. The molecule has 1 aromatic heterocycles. The number of aromatic nitrogens is 2. The third kappa shape index (κ3) is 5.11. The summed E-state index contributed by atoms with van der Waals surface area (Å²) in [5.74, 6) is 0.536. The Hall–Kier alpha value is -3.94. The second kappa shape index (κ2) is 9.04. The maximum atomic E-state index is 12.6. The third-order valence-electron chi connectivity index (χ3n) is 4.28.